The van der Waals surface area contributed by atoms with Crippen molar-refractivity contribution >= 4 is 5.97 Å². The molecule has 1 aliphatic heterocycles. The number of benzene rings is 1. The summed E-state index contributed by atoms with van der Waals surface area (Å²) in [4.78, 5) is 21.9. The lowest BCUT2D eigenvalue weighted by Crippen LogP contribution is -2.45. The maximum Gasteiger partial charge on any atom is 0.343 e. The predicted molar refractivity (Wildman–Crippen MR) is 127 cm³/mol. The van der Waals surface area contributed by atoms with E-state index in [1.165, 1.54) is 19.2 Å². The van der Waals surface area contributed by atoms with Crippen LogP contribution in [-0.2, 0) is 15.1 Å². The summed E-state index contributed by atoms with van der Waals surface area (Å²) in [5.74, 6) is 0.0766. The molecule has 0 radical (unpaired) electrons. The van der Waals surface area contributed by atoms with Gasteiger partial charge in [0.25, 0.3) is 0 Å². The van der Waals surface area contributed by atoms with E-state index < -0.39 is 11.6 Å². The van der Waals surface area contributed by atoms with Crippen molar-refractivity contribution in [3.63, 3.8) is 0 Å². The Labute approximate surface area is 197 Å². The Kier molecular flexibility index (Phi) is 8.46. The van der Waals surface area contributed by atoms with Crippen LogP contribution < -0.4 is 5.32 Å². The van der Waals surface area contributed by atoms with Gasteiger partial charge in [-0.2, -0.15) is 0 Å². The highest BCUT2D eigenvalue weighted by atomic mass is 16.5. The van der Waals surface area contributed by atoms with Crippen molar-refractivity contribution in [2.24, 2.45) is 11.8 Å². The van der Waals surface area contributed by atoms with Gasteiger partial charge in [0.05, 0.1) is 6.61 Å². The van der Waals surface area contributed by atoms with E-state index in [4.69, 9.17) is 4.74 Å². The molecule has 0 spiro atoms. The summed E-state index contributed by atoms with van der Waals surface area (Å²) in [6.45, 7) is 2.38. The van der Waals surface area contributed by atoms with Gasteiger partial charge in [-0.3, -0.25) is 0 Å². The molecule has 2 aliphatic rings. The molecule has 1 aromatic heterocycles. The first-order valence-electron chi connectivity index (χ1n) is 12.6. The third-order valence-electron chi connectivity index (χ3n) is 7.57. The molecule has 2 N–H and O–H groups in total. The van der Waals surface area contributed by atoms with E-state index in [-0.39, 0.29) is 18.4 Å². The van der Waals surface area contributed by atoms with Crippen LogP contribution in [0.5, 0.6) is 0 Å². The summed E-state index contributed by atoms with van der Waals surface area (Å²) in [6, 6.07) is 9.34. The molecule has 1 aliphatic carbocycles. The molecular formula is C27H37N3O3. The van der Waals surface area contributed by atoms with Crippen molar-refractivity contribution < 1.29 is 14.6 Å². The Bertz CT molecular complexity index is 851. The van der Waals surface area contributed by atoms with Crippen molar-refractivity contribution in [1.82, 2.24) is 15.3 Å². The van der Waals surface area contributed by atoms with Crippen molar-refractivity contribution in [2.75, 3.05) is 19.7 Å². The fourth-order valence-electron chi connectivity index (χ4n) is 5.49. The maximum absolute atomic E-state index is 13.5. The summed E-state index contributed by atoms with van der Waals surface area (Å²) in [5, 5.41) is 15.2. The van der Waals surface area contributed by atoms with E-state index in [0.717, 1.165) is 63.6 Å². The highest BCUT2D eigenvalue weighted by Crippen LogP contribution is 2.40. The molecule has 1 aromatic carbocycles. The van der Waals surface area contributed by atoms with Crippen molar-refractivity contribution in [3.8, 4) is 0 Å². The summed E-state index contributed by atoms with van der Waals surface area (Å²) >= 11 is 0. The molecule has 2 atom stereocenters. The van der Waals surface area contributed by atoms with Crippen LogP contribution in [0.15, 0.2) is 49.1 Å². The third kappa shape index (κ3) is 5.98. The number of hydrogen-bond donors (Lipinski definition) is 2. The van der Waals surface area contributed by atoms with Crippen LogP contribution in [0.1, 0.15) is 74.8 Å². The van der Waals surface area contributed by atoms with Gasteiger partial charge in [-0.25, -0.2) is 14.8 Å². The number of ether oxygens (including phenoxy) is 1. The van der Waals surface area contributed by atoms with Gasteiger partial charge in [0.15, 0.2) is 5.60 Å². The second kappa shape index (κ2) is 11.7. The number of hydrogen-bond acceptors (Lipinski definition) is 6. The molecule has 2 unspecified atom stereocenters. The van der Waals surface area contributed by atoms with Crippen molar-refractivity contribution in [2.45, 2.75) is 69.3 Å². The van der Waals surface area contributed by atoms with Crippen LogP contribution in [0.25, 0.3) is 0 Å². The zero-order valence-electron chi connectivity index (χ0n) is 19.5. The molecule has 178 valence electrons. The molecular weight excluding hydrogens is 414 g/mol. The SMILES string of the molecule is O=C(OCC(CCC1CCNCC1)c1cncnc1)C(O)(c1ccccc1)C1CCCCC1. The Morgan fingerprint density at radius 1 is 1.06 bits per heavy atom. The van der Waals surface area contributed by atoms with E-state index in [9.17, 15) is 9.90 Å². The van der Waals surface area contributed by atoms with E-state index in [1.807, 2.05) is 42.7 Å². The molecule has 1 saturated heterocycles. The normalized spacial score (nSPS) is 20.6. The van der Waals surface area contributed by atoms with Gasteiger partial charge in [0.2, 0.25) is 0 Å². The number of carbonyl (C=O) groups excluding carboxylic acids is 1. The van der Waals surface area contributed by atoms with Crippen LogP contribution in [-0.4, -0.2) is 40.7 Å². The van der Waals surface area contributed by atoms with Gasteiger partial charge in [-0.15, -0.1) is 0 Å². The topological polar surface area (TPSA) is 84.3 Å². The fraction of sp³-hybridized carbons (Fsp3) is 0.593. The van der Waals surface area contributed by atoms with Crippen LogP contribution in [0, 0.1) is 11.8 Å². The minimum atomic E-state index is -1.60. The lowest BCUT2D eigenvalue weighted by Gasteiger charge is -2.37. The number of rotatable bonds is 9. The van der Waals surface area contributed by atoms with Gasteiger partial charge in [-0.1, -0.05) is 49.6 Å². The molecule has 2 fully saturated rings. The largest absolute Gasteiger partial charge is 0.463 e. The number of aliphatic hydroxyl groups is 1. The smallest absolute Gasteiger partial charge is 0.343 e. The number of esters is 1. The first-order chi connectivity index (χ1) is 16.2. The van der Waals surface area contributed by atoms with E-state index >= 15 is 0 Å². The van der Waals surface area contributed by atoms with Crippen LogP contribution in [0.3, 0.4) is 0 Å². The number of piperidine rings is 1. The molecule has 2 aromatic rings. The first kappa shape index (κ1) is 23.8. The standard InChI is InChI=1S/C27H37N3O3/c31-26(27(32,24-7-3-1-4-8-24)25-9-5-2-6-10-25)33-19-22(23-17-29-20-30-18-23)12-11-21-13-15-28-16-14-21/h1,3-4,7-8,17-18,20-22,25,28,32H,2,5-6,9-16,19H2. The fourth-order valence-corrected chi connectivity index (χ4v) is 5.49. The van der Waals surface area contributed by atoms with Crippen LogP contribution in [0.2, 0.25) is 0 Å². The molecule has 1 saturated carbocycles. The summed E-state index contributed by atoms with van der Waals surface area (Å²) in [7, 11) is 0. The molecule has 6 nitrogen and oxygen atoms in total. The lowest BCUT2D eigenvalue weighted by molar-refractivity contribution is -0.176. The summed E-state index contributed by atoms with van der Waals surface area (Å²) < 4.78 is 5.91. The summed E-state index contributed by atoms with van der Waals surface area (Å²) in [6.07, 6.45) is 14.4. The lowest BCUT2D eigenvalue weighted by atomic mass is 9.73. The molecule has 0 bridgehead atoms. The van der Waals surface area contributed by atoms with Crippen LogP contribution >= 0.6 is 0 Å². The highest BCUT2D eigenvalue weighted by Gasteiger charge is 2.47. The second-order valence-corrected chi connectivity index (χ2v) is 9.71. The zero-order valence-corrected chi connectivity index (χ0v) is 19.5. The summed E-state index contributed by atoms with van der Waals surface area (Å²) in [5.41, 5.74) is 0.0189. The third-order valence-corrected chi connectivity index (χ3v) is 7.57. The number of nitrogens with zero attached hydrogens (tertiary/aromatic N) is 2. The molecule has 33 heavy (non-hydrogen) atoms. The quantitative estimate of drug-likeness (QED) is 0.552. The average molecular weight is 452 g/mol. The number of carbonyl (C=O) groups is 1. The Morgan fingerprint density at radius 3 is 2.45 bits per heavy atom. The molecule has 0 amide bonds. The van der Waals surface area contributed by atoms with Gasteiger partial charge >= 0.3 is 5.97 Å². The highest BCUT2D eigenvalue weighted by molar-refractivity contribution is 5.81. The minimum absolute atomic E-state index is 0.0245. The molecule has 6 heteroatoms. The molecule has 4 rings (SSSR count). The molecule has 2 heterocycles. The van der Waals surface area contributed by atoms with Crippen molar-refractivity contribution in [1.29, 1.82) is 0 Å². The maximum atomic E-state index is 13.5. The number of aromatic nitrogens is 2. The predicted octanol–water partition coefficient (Wildman–Crippen LogP) is 4.35. The Balaban J connectivity index is 1.48. The van der Waals surface area contributed by atoms with Gasteiger partial charge in [-0.05, 0) is 68.7 Å². The minimum Gasteiger partial charge on any atom is -0.463 e. The monoisotopic (exact) mass is 451 g/mol. The van der Waals surface area contributed by atoms with E-state index in [2.05, 4.69) is 15.3 Å². The second-order valence-electron chi connectivity index (χ2n) is 9.71. The van der Waals surface area contributed by atoms with E-state index in [1.54, 1.807) is 0 Å². The Morgan fingerprint density at radius 2 is 1.76 bits per heavy atom. The van der Waals surface area contributed by atoms with Gasteiger partial charge < -0.3 is 15.2 Å². The van der Waals surface area contributed by atoms with Crippen molar-refractivity contribution in [3.05, 3.63) is 60.2 Å². The number of nitrogens with one attached hydrogen (secondary N) is 1. The Hall–Kier alpha value is -2.31. The van der Waals surface area contributed by atoms with Gasteiger partial charge in [0, 0.05) is 24.2 Å². The average Bonchev–Trinajstić information content (AvgIpc) is 2.90. The zero-order chi connectivity index (χ0) is 22.9. The van der Waals surface area contributed by atoms with Crippen LogP contribution in [0.4, 0.5) is 0 Å². The van der Waals surface area contributed by atoms with E-state index in [0.29, 0.717) is 11.5 Å². The van der Waals surface area contributed by atoms with Gasteiger partial charge in [0.1, 0.15) is 6.33 Å². The first-order valence-corrected chi connectivity index (χ1v) is 12.6.